The van der Waals surface area contributed by atoms with Gasteiger partial charge in [-0.15, -0.1) is 5.10 Å². The lowest BCUT2D eigenvalue weighted by Gasteiger charge is -2.17. The van der Waals surface area contributed by atoms with Crippen molar-refractivity contribution in [1.82, 2.24) is 20.5 Å². The van der Waals surface area contributed by atoms with E-state index in [1.54, 1.807) is 18.2 Å². The number of nitrogens with zero attached hydrogens (tertiary/aromatic N) is 3. The summed E-state index contributed by atoms with van der Waals surface area (Å²) < 4.78 is 5.26. The Morgan fingerprint density at radius 3 is 2.26 bits per heavy atom. The summed E-state index contributed by atoms with van der Waals surface area (Å²) in [6, 6.07) is 24.7. The predicted molar refractivity (Wildman–Crippen MR) is 113 cm³/mol. The van der Waals surface area contributed by atoms with Gasteiger partial charge >= 0.3 is 12.1 Å². The highest BCUT2D eigenvalue weighted by Gasteiger charge is 2.25. The summed E-state index contributed by atoms with van der Waals surface area (Å²) in [6.07, 6.45) is -0.489. The summed E-state index contributed by atoms with van der Waals surface area (Å²) in [5.74, 6) is -0.684. The topological polar surface area (TPSA) is 95.3 Å². The van der Waals surface area contributed by atoms with E-state index in [1.807, 2.05) is 66.7 Å². The van der Waals surface area contributed by atoms with Gasteiger partial charge in [0.15, 0.2) is 0 Å². The fourth-order valence-electron chi connectivity index (χ4n) is 3.01. The molecule has 1 heterocycles. The summed E-state index contributed by atoms with van der Waals surface area (Å²) in [5, 5.41) is 10.4. The van der Waals surface area contributed by atoms with Gasteiger partial charge in [-0.1, -0.05) is 77.6 Å². The molecule has 1 aromatic heterocycles. The highest BCUT2D eigenvalue weighted by atomic mass is 16.7. The molecule has 0 saturated carbocycles. The maximum atomic E-state index is 12.9. The largest absolute Gasteiger partial charge is 0.445 e. The molecule has 0 spiro atoms. The third kappa shape index (κ3) is 5.24. The Hall–Kier alpha value is -4.20. The van der Waals surface area contributed by atoms with Crippen molar-refractivity contribution < 1.29 is 19.2 Å². The lowest BCUT2D eigenvalue weighted by Crippen LogP contribution is -2.46. The van der Waals surface area contributed by atoms with Gasteiger partial charge in [0.1, 0.15) is 23.7 Å². The van der Waals surface area contributed by atoms with Gasteiger partial charge in [-0.05, 0) is 28.5 Å². The number of hydrogen-bond acceptors (Lipinski definition) is 6. The van der Waals surface area contributed by atoms with Gasteiger partial charge in [-0.25, -0.2) is 9.59 Å². The molecule has 156 valence electrons. The number of hydrogen-bond donors (Lipinski definition) is 1. The standard InChI is InChI=1S/C23H20N4O4/c28-22(31-27-21-14-8-7-13-19(21)25-26-27)20(15-17-9-3-1-4-10-17)24-23(29)30-16-18-11-5-2-6-12-18/h1-14,20H,15-16H2,(H,24,29)/t20-/m0/s1. The summed E-state index contributed by atoms with van der Waals surface area (Å²) in [5.41, 5.74) is 2.83. The van der Waals surface area contributed by atoms with E-state index in [-0.39, 0.29) is 13.0 Å². The van der Waals surface area contributed by atoms with Crippen LogP contribution in [-0.4, -0.2) is 33.3 Å². The molecular formula is C23H20N4O4. The first-order chi connectivity index (χ1) is 15.2. The number of rotatable bonds is 7. The Morgan fingerprint density at radius 1 is 0.871 bits per heavy atom. The van der Waals surface area contributed by atoms with Gasteiger partial charge in [-0.3, -0.25) is 0 Å². The van der Waals surface area contributed by atoms with Crippen LogP contribution in [0.3, 0.4) is 0 Å². The number of carbonyl (C=O) groups excluding carboxylic acids is 2. The van der Waals surface area contributed by atoms with Crippen LogP contribution < -0.4 is 10.2 Å². The van der Waals surface area contributed by atoms with Crippen molar-refractivity contribution in [3.8, 4) is 0 Å². The summed E-state index contributed by atoms with van der Waals surface area (Å²) in [4.78, 5) is 31.7. The Kier molecular flexibility index (Phi) is 6.18. The fourth-order valence-corrected chi connectivity index (χ4v) is 3.01. The number of carbonyl (C=O) groups is 2. The maximum absolute atomic E-state index is 12.9. The maximum Gasteiger partial charge on any atom is 0.408 e. The lowest BCUT2D eigenvalue weighted by atomic mass is 10.1. The quantitative estimate of drug-likeness (QED) is 0.466. The van der Waals surface area contributed by atoms with Crippen molar-refractivity contribution in [3.05, 3.63) is 96.1 Å². The van der Waals surface area contributed by atoms with Crippen LogP contribution in [0.5, 0.6) is 0 Å². The highest BCUT2D eigenvalue weighted by molar-refractivity contribution is 5.82. The van der Waals surface area contributed by atoms with Crippen LogP contribution in [0.25, 0.3) is 11.0 Å². The number of benzene rings is 3. The van der Waals surface area contributed by atoms with Crippen LogP contribution in [0, 0.1) is 0 Å². The Balaban J connectivity index is 1.46. The number of aromatic nitrogens is 3. The van der Waals surface area contributed by atoms with Crippen LogP contribution in [0.15, 0.2) is 84.9 Å². The first-order valence-corrected chi connectivity index (χ1v) is 9.73. The Bertz CT molecular complexity index is 1160. The van der Waals surface area contributed by atoms with E-state index in [0.717, 1.165) is 16.0 Å². The van der Waals surface area contributed by atoms with E-state index >= 15 is 0 Å². The van der Waals surface area contributed by atoms with Crippen LogP contribution in [0.4, 0.5) is 4.79 Å². The van der Waals surface area contributed by atoms with Gasteiger partial charge in [-0.2, -0.15) is 0 Å². The minimum atomic E-state index is -0.978. The predicted octanol–water partition coefficient (Wildman–Crippen LogP) is 2.92. The van der Waals surface area contributed by atoms with Crippen LogP contribution >= 0.6 is 0 Å². The zero-order valence-electron chi connectivity index (χ0n) is 16.5. The van der Waals surface area contributed by atoms with Gasteiger partial charge in [0.2, 0.25) is 0 Å². The highest BCUT2D eigenvalue weighted by Crippen LogP contribution is 2.10. The van der Waals surface area contributed by atoms with Gasteiger partial charge in [0.25, 0.3) is 0 Å². The molecule has 4 aromatic rings. The zero-order chi connectivity index (χ0) is 21.5. The molecule has 0 aliphatic carbocycles. The second kappa shape index (κ2) is 9.53. The van der Waals surface area contributed by atoms with Crippen LogP contribution in [0.1, 0.15) is 11.1 Å². The minimum absolute atomic E-state index is 0.0908. The number of nitrogens with one attached hydrogen (secondary N) is 1. The minimum Gasteiger partial charge on any atom is -0.445 e. The zero-order valence-corrected chi connectivity index (χ0v) is 16.5. The number of fused-ring (bicyclic) bond motifs is 1. The van der Waals surface area contributed by atoms with E-state index in [2.05, 4.69) is 15.6 Å². The molecule has 1 N–H and O–H groups in total. The van der Waals surface area contributed by atoms with Gasteiger partial charge < -0.3 is 14.9 Å². The second-order valence-corrected chi connectivity index (χ2v) is 6.81. The smallest absolute Gasteiger partial charge is 0.408 e. The van der Waals surface area contributed by atoms with Crippen molar-refractivity contribution >= 4 is 23.1 Å². The molecule has 1 amide bonds. The molecule has 1 atom stereocenters. The molecule has 8 heteroatoms. The molecule has 0 bridgehead atoms. The molecule has 0 radical (unpaired) electrons. The van der Waals surface area contributed by atoms with E-state index in [1.165, 1.54) is 0 Å². The van der Waals surface area contributed by atoms with Crippen molar-refractivity contribution in [2.75, 3.05) is 0 Å². The summed E-state index contributed by atoms with van der Waals surface area (Å²) >= 11 is 0. The van der Waals surface area contributed by atoms with Crippen molar-refractivity contribution in [3.63, 3.8) is 0 Å². The third-order valence-corrected chi connectivity index (χ3v) is 4.57. The Morgan fingerprint density at radius 2 is 1.52 bits per heavy atom. The second-order valence-electron chi connectivity index (χ2n) is 6.81. The molecule has 8 nitrogen and oxygen atoms in total. The van der Waals surface area contributed by atoms with Gasteiger partial charge in [0.05, 0.1) is 0 Å². The van der Waals surface area contributed by atoms with Crippen molar-refractivity contribution in [2.45, 2.75) is 19.1 Å². The normalized spacial score (nSPS) is 11.6. The molecule has 0 saturated heterocycles. The van der Waals surface area contributed by atoms with E-state index in [0.29, 0.717) is 11.0 Å². The van der Waals surface area contributed by atoms with Crippen LogP contribution in [-0.2, 0) is 22.6 Å². The molecule has 31 heavy (non-hydrogen) atoms. The lowest BCUT2D eigenvalue weighted by molar-refractivity contribution is -0.147. The average Bonchev–Trinajstić information content (AvgIpc) is 3.21. The summed E-state index contributed by atoms with van der Waals surface area (Å²) in [6.45, 7) is 0.0908. The Labute approximate surface area is 178 Å². The van der Waals surface area contributed by atoms with Crippen molar-refractivity contribution in [1.29, 1.82) is 0 Å². The molecule has 3 aromatic carbocycles. The van der Waals surface area contributed by atoms with Gasteiger partial charge in [0, 0.05) is 6.42 Å². The fraction of sp³-hybridized carbons (Fsp3) is 0.130. The van der Waals surface area contributed by atoms with Crippen LogP contribution in [0.2, 0.25) is 0 Å². The average molecular weight is 416 g/mol. The van der Waals surface area contributed by atoms with E-state index in [4.69, 9.17) is 9.57 Å². The number of para-hydroxylation sites is 1. The molecule has 4 rings (SSSR count). The first kappa shape index (κ1) is 20.1. The number of alkyl carbamates (subject to hydrolysis) is 1. The first-order valence-electron chi connectivity index (χ1n) is 9.73. The van der Waals surface area contributed by atoms with E-state index in [9.17, 15) is 9.59 Å². The monoisotopic (exact) mass is 416 g/mol. The van der Waals surface area contributed by atoms with Crippen molar-refractivity contribution in [2.24, 2.45) is 0 Å². The summed E-state index contributed by atoms with van der Waals surface area (Å²) in [7, 11) is 0. The number of ether oxygens (including phenoxy) is 1. The number of amides is 1. The third-order valence-electron chi connectivity index (χ3n) is 4.57. The molecule has 0 aliphatic heterocycles. The van der Waals surface area contributed by atoms with E-state index < -0.39 is 18.1 Å². The molecule has 0 fully saturated rings. The molecule has 0 unspecified atom stereocenters. The molecular weight excluding hydrogens is 396 g/mol. The SMILES string of the molecule is O=C(N[C@@H](Cc1ccccc1)C(=O)On1nnc2ccccc21)OCc1ccccc1. The molecule has 0 aliphatic rings.